The summed E-state index contributed by atoms with van der Waals surface area (Å²) in [5.41, 5.74) is 0.466. The molecule has 1 aromatic heterocycles. The number of ether oxygens (including phenoxy) is 2. The maximum Gasteiger partial charge on any atom is 0.343 e. The second-order valence-electron chi connectivity index (χ2n) is 8.11. The van der Waals surface area contributed by atoms with Crippen LogP contribution in [0.1, 0.15) is 50.4 Å². The monoisotopic (exact) mass is 408 g/mol. The minimum Gasteiger partial charge on any atom is -0.493 e. The molecule has 1 atom stereocenters. The number of rotatable bonds is 9. The maximum absolute atomic E-state index is 12.4. The molecule has 30 heavy (non-hydrogen) atoms. The second-order valence-corrected chi connectivity index (χ2v) is 8.11. The van der Waals surface area contributed by atoms with Crippen molar-refractivity contribution in [1.82, 2.24) is 0 Å². The zero-order valence-corrected chi connectivity index (χ0v) is 17.7. The van der Waals surface area contributed by atoms with Gasteiger partial charge in [-0.25, -0.2) is 9.59 Å². The minimum absolute atomic E-state index is 0.386. The Morgan fingerprint density at radius 2 is 1.67 bits per heavy atom. The van der Waals surface area contributed by atoms with E-state index in [-0.39, 0.29) is 0 Å². The summed E-state index contributed by atoms with van der Waals surface area (Å²) in [5, 5.41) is 0.686. The van der Waals surface area contributed by atoms with Gasteiger partial charge in [-0.1, -0.05) is 33.6 Å². The first-order valence-corrected chi connectivity index (χ1v) is 10.4. The Morgan fingerprint density at radius 1 is 0.933 bits per heavy atom. The molecular weight excluding hydrogens is 380 g/mol. The van der Waals surface area contributed by atoms with Crippen molar-refractivity contribution in [2.24, 2.45) is 11.8 Å². The van der Waals surface area contributed by atoms with Gasteiger partial charge in [0.25, 0.3) is 0 Å². The van der Waals surface area contributed by atoms with Gasteiger partial charge in [0.1, 0.15) is 17.1 Å². The lowest BCUT2D eigenvalue weighted by Crippen LogP contribution is -2.10. The van der Waals surface area contributed by atoms with Crippen molar-refractivity contribution >= 4 is 16.9 Å². The third-order valence-corrected chi connectivity index (χ3v) is 4.90. The van der Waals surface area contributed by atoms with Crippen molar-refractivity contribution in [3.05, 3.63) is 70.6 Å². The van der Waals surface area contributed by atoms with Crippen LogP contribution in [0.15, 0.2) is 63.8 Å². The smallest absolute Gasteiger partial charge is 0.343 e. The van der Waals surface area contributed by atoms with Crippen molar-refractivity contribution in [2.45, 2.75) is 40.0 Å². The highest BCUT2D eigenvalue weighted by Crippen LogP contribution is 2.21. The van der Waals surface area contributed by atoms with Crippen LogP contribution in [0.2, 0.25) is 0 Å². The number of hydrogen-bond acceptors (Lipinski definition) is 5. The highest BCUT2D eigenvalue weighted by Gasteiger charge is 2.11. The normalized spacial score (nSPS) is 12.1. The molecule has 5 nitrogen and oxygen atoms in total. The Bertz CT molecular complexity index is 1030. The third-order valence-electron chi connectivity index (χ3n) is 4.90. The molecule has 0 saturated carbocycles. The van der Waals surface area contributed by atoms with Gasteiger partial charge in [0, 0.05) is 11.5 Å². The van der Waals surface area contributed by atoms with Crippen molar-refractivity contribution in [3.8, 4) is 11.5 Å². The van der Waals surface area contributed by atoms with Gasteiger partial charge in [0.2, 0.25) is 0 Å². The first-order chi connectivity index (χ1) is 14.4. The highest BCUT2D eigenvalue weighted by molar-refractivity contribution is 5.91. The molecule has 2 aromatic carbocycles. The van der Waals surface area contributed by atoms with Crippen molar-refractivity contribution in [2.75, 3.05) is 6.61 Å². The fourth-order valence-electron chi connectivity index (χ4n) is 3.16. The first kappa shape index (κ1) is 21.6. The summed E-state index contributed by atoms with van der Waals surface area (Å²) in [6, 6.07) is 14.8. The van der Waals surface area contributed by atoms with Crippen molar-refractivity contribution in [1.29, 1.82) is 0 Å². The van der Waals surface area contributed by atoms with E-state index in [2.05, 4.69) is 20.8 Å². The van der Waals surface area contributed by atoms with Crippen molar-refractivity contribution in [3.63, 3.8) is 0 Å². The number of carbonyl (C=O) groups excluding carboxylic acids is 1. The predicted octanol–water partition coefficient (Wildman–Crippen LogP) is 5.85. The van der Waals surface area contributed by atoms with Crippen LogP contribution in [-0.4, -0.2) is 12.6 Å². The van der Waals surface area contributed by atoms with Crippen LogP contribution in [0.25, 0.3) is 11.0 Å². The molecule has 0 spiro atoms. The van der Waals surface area contributed by atoms with E-state index < -0.39 is 11.6 Å². The number of hydrogen-bond donors (Lipinski definition) is 0. The van der Waals surface area contributed by atoms with E-state index in [4.69, 9.17) is 13.9 Å². The van der Waals surface area contributed by atoms with Gasteiger partial charge in [-0.2, -0.15) is 0 Å². The van der Waals surface area contributed by atoms with Crippen LogP contribution in [-0.2, 0) is 0 Å². The highest BCUT2D eigenvalue weighted by atomic mass is 16.5. The molecule has 0 radical (unpaired) electrons. The molecular formula is C25H28O5. The largest absolute Gasteiger partial charge is 0.493 e. The van der Waals surface area contributed by atoms with Gasteiger partial charge < -0.3 is 13.9 Å². The van der Waals surface area contributed by atoms with Gasteiger partial charge in [-0.05, 0) is 66.8 Å². The maximum atomic E-state index is 12.4. The van der Waals surface area contributed by atoms with Crippen LogP contribution in [0.5, 0.6) is 11.5 Å². The number of fused-ring (bicyclic) bond motifs is 1. The molecule has 1 heterocycles. The van der Waals surface area contributed by atoms with Crippen LogP contribution in [0.3, 0.4) is 0 Å². The number of benzene rings is 2. The summed E-state index contributed by atoms with van der Waals surface area (Å²) in [5.74, 6) is 1.90. The van der Waals surface area contributed by atoms with E-state index in [1.54, 1.807) is 48.5 Å². The molecule has 0 aliphatic heterocycles. The average molecular weight is 408 g/mol. The summed E-state index contributed by atoms with van der Waals surface area (Å²) in [6.45, 7) is 7.34. The minimum atomic E-state index is -0.458. The van der Waals surface area contributed by atoms with Crippen molar-refractivity contribution < 1.29 is 18.7 Å². The lowest BCUT2D eigenvalue weighted by atomic mass is 10.0. The third kappa shape index (κ3) is 6.21. The van der Waals surface area contributed by atoms with Crippen LogP contribution >= 0.6 is 0 Å². The Labute approximate surface area is 176 Å². The molecule has 0 N–H and O–H groups in total. The lowest BCUT2D eigenvalue weighted by molar-refractivity contribution is 0.0735. The molecule has 0 saturated heterocycles. The number of carbonyl (C=O) groups is 1. The summed E-state index contributed by atoms with van der Waals surface area (Å²) in [7, 11) is 0. The van der Waals surface area contributed by atoms with Gasteiger partial charge in [0.15, 0.2) is 0 Å². The molecule has 158 valence electrons. The van der Waals surface area contributed by atoms with E-state index in [9.17, 15) is 9.59 Å². The fourth-order valence-corrected chi connectivity index (χ4v) is 3.16. The molecule has 0 amide bonds. The van der Waals surface area contributed by atoms with E-state index in [0.29, 0.717) is 34.8 Å². The van der Waals surface area contributed by atoms with Gasteiger partial charge in [-0.3, -0.25) is 0 Å². The second kappa shape index (κ2) is 10.1. The Kier molecular flexibility index (Phi) is 7.28. The topological polar surface area (TPSA) is 65.7 Å². The van der Waals surface area contributed by atoms with E-state index in [1.165, 1.54) is 18.9 Å². The van der Waals surface area contributed by atoms with E-state index in [1.807, 2.05) is 0 Å². The van der Waals surface area contributed by atoms with Crippen LogP contribution in [0.4, 0.5) is 0 Å². The molecule has 0 bridgehead atoms. The number of esters is 1. The Morgan fingerprint density at radius 3 is 2.40 bits per heavy atom. The Balaban J connectivity index is 1.53. The molecule has 0 aliphatic carbocycles. The fraction of sp³-hybridized carbons (Fsp3) is 0.360. The van der Waals surface area contributed by atoms with Gasteiger partial charge in [-0.15, -0.1) is 0 Å². The predicted molar refractivity (Wildman–Crippen MR) is 117 cm³/mol. The van der Waals surface area contributed by atoms with E-state index >= 15 is 0 Å². The molecule has 3 rings (SSSR count). The zero-order chi connectivity index (χ0) is 21.5. The average Bonchev–Trinajstić information content (AvgIpc) is 2.72. The Hall–Kier alpha value is -3.08. The summed E-state index contributed by atoms with van der Waals surface area (Å²) >= 11 is 0. The SMILES string of the molecule is CC(C)CCC[C@H](C)COc1ccc(C(=O)Oc2ccc3oc(=O)ccc3c2)cc1. The molecule has 0 unspecified atom stereocenters. The molecule has 3 aromatic rings. The van der Waals surface area contributed by atoms with Gasteiger partial charge >= 0.3 is 11.6 Å². The van der Waals surface area contributed by atoms with Crippen LogP contribution < -0.4 is 15.1 Å². The molecule has 5 heteroatoms. The standard InChI is InChI=1S/C25H28O5/c1-17(2)5-4-6-18(3)16-28-21-10-7-19(8-11-21)25(27)29-22-12-13-23-20(15-22)9-14-24(26)30-23/h7-15,17-18H,4-6,16H2,1-3H3/t18-/m0/s1. The first-order valence-electron chi connectivity index (χ1n) is 10.4. The van der Waals surface area contributed by atoms with Crippen LogP contribution in [0, 0.1) is 11.8 Å². The molecule has 0 aliphatic rings. The summed E-state index contributed by atoms with van der Waals surface area (Å²) in [4.78, 5) is 23.7. The summed E-state index contributed by atoms with van der Waals surface area (Å²) < 4.78 is 16.4. The van der Waals surface area contributed by atoms with Gasteiger partial charge in [0.05, 0.1) is 12.2 Å². The zero-order valence-electron chi connectivity index (χ0n) is 17.7. The summed E-state index contributed by atoms with van der Waals surface area (Å²) in [6.07, 6.45) is 3.61. The quantitative estimate of drug-likeness (QED) is 0.252. The molecule has 0 fully saturated rings. The van der Waals surface area contributed by atoms with E-state index in [0.717, 1.165) is 18.1 Å². The lowest BCUT2D eigenvalue weighted by Gasteiger charge is -2.14.